The lowest BCUT2D eigenvalue weighted by molar-refractivity contribution is -0.121. The van der Waals surface area contributed by atoms with Gasteiger partial charge in [-0.1, -0.05) is 18.2 Å². The van der Waals surface area contributed by atoms with E-state index in [9.17, 15) is 22.8 Å². The molecule has 2 aromatic carbocycles. The van der Waals surface area contributed by atoms with E-state index in [0.29, 0.717) is 11.3 Å². The molecule has 0 spiro atoms. The van der Waals surface area contributed by atoms with Gasteiger partial charge in [-0.3, -0.25) is 24.3 Å². The van der Waals surface area contributed by atoms with E-state index < -0.39 is 39.4 Å². The monoisotopic (exact) mass is 479 g/mol. The van der Waals surface area contributed by atoms with Crippen molar-refractivity contribution in [3.8, 4) is 5.75 Å². The van der Waals surface area contributed by atoms with Crippen LogP contribution in [0.2, 0.25) is 0 Å². The minimum atomic E-state index is -3.93. The van der Waals surface area contributed by atoms with E-state index in [1.165, 1.54) is 55.9 Å². The topological polar surface area (TPSA) is 123 Å². The van der Waals surface area contributed by atoms with Crippen molar-refractivity contribution in [2.75, 3.05) is 20.2 Å². The molecule has 0 saturated heterocycles. The number of nitrogens with zero attached hydrogens (tertiary/aromatic N) is 2. The molecule has 0 fully saturated rings. The highest BCUT2D eigenvalue weighted by Gasteiger charge is 2.37. The molecule has 1 aliphatic rings. The van der Waals surface area contributed by atoms with Crippen molar-refractivity contribution in [1.29, 1.82) is 0 Å². The number of ether oxygens (including phenoxy) is 1. The van der Waals surface area contributed by atoms with Gasteiger partial charge in [0.1, 0.15) is 17.5 Å². The summed E-state index contributed by atoms with van der Waals surface area (Å²) in [5.41, 5.74) is 0.852. The Labute approximate surface area is 196 Å². The molecule has 3 amide bonds. The Hall–Kier alpha value is -4.05. The quantitative estimate of drug-likeness (QED) is 0.490. The van der Waals surface area contributed by atoms with Crippen molar-refractivity contribution >= 4 is 27.6 Å². The van der Waals surface area contributed by atoms with Crippen LogP contribution in [0.1, 0.15) is 31.5 Å². The van der Waals surface area contributed by atoms with E-state index in [1.807, 2.05) is 0 Å². The molecule has 0 unspecified atom stereocenters. The second-order valence-electron chi connectivity index (χ2n) is 7.54. The first-order valence-electron chi connectivity index (χ1n) is 10.3. The Balaban J connectivity index is 1.52. The number of aromatic nitrogens is 1. The first kappa shape index (κ1) is 23.1. The lowest BCUT2D eigenvalue weighted by Gasteiger charge is -2.20. The maximum atomic E-state index is 13.4. The van der Waals surface area contributed by atoms with E-state index >= 15 is 0 Å². The number of methoxy groups -OCH3 is 1. The van der Waals surface area contributed by atoms with Gasteiger partial charge in [-0.15, -0.1) is 0 Å². The lowest BCUT2D eigenvalue weighted by Crippen LogP contribution is -2.42. The van der Waals surface area contributed by atoms with Gasteiger partial charge < -0.3 is 10.1 Å². The molecule has 1 aromatic heterocycles. The number of hydrogen-bond acceptors (Lipinski definition) is 7. The average molecular weight is 480 g/mol. The Kier molecular flexibility index (Phi) is 6.42. The number of rotatable bonds is 8. The predicted octanol–water partition coefficient (Wildman–Crippen LogP) is 2.02. The summed E-state index contributed by atoms with van der Waals surface area (Å²) in [6.07, 6.45) is 2.93. The van der Waals surface area contributed by atoms with E-state index in [2.05, 4.69) is 10.3 Å². The van der Waals surface area contributed by atoms with Crippen molar-refractivity contribution in [2.24, 2.45) is 0 Å². The van der Waals surface area contributed by atoms with Gasteiger partial charge in [-0.25, -0.2) is 8.42 Å². The van der Waals surface area contributed by atoms with Crippen molar-refractivity contribution < 1.29 is 27.5 Å². The number of imide groups is 1. The van der Waals surface area contributed by atoms with Crippen LogP contribution in [0.5, 0.6) is 5.75 Å². The first-order chi connectivity index (χ1) is 16.3. The predicted molar refractivity (Wildman–Crippen MR) is 122 cm³/mol. The number of fused-ring (bicyclic) bond motifs is 1. The molecular weight excluding hydrogens is 458 g/mol. The Morgan fingerprint density at radius 2 is 1.65 bits per heavy atom. The second kappa shape index (κ2) is 9.44. The minimum Gasteiger partial charge on any atom is -0.497 e. The molecule has 34 heavy (non-hydrogen) atoms. The summed E-state index contributed by atoms with van der Waals surface area (Å²) in [5, 5.41) is 1.42. The number of pyridine rings is 1. The zero-order valence-electron chi connectivity index (χ0n) is 18.2. The SMILES string of the molecule is COc1ccc(S(=O)(=O)[C@H](CNC(=O)CN2C(=O)c3ccccc3C2=O)c2cccnc2)cc1. The summed E-state index contributed by atoms with van der Waals surface area (Å²) < 4.78 is 31.9. The summed E-state index contributed by atoms with van der Waals surface area (Å²) >= 11 is 0. The number of nitrogens with one attached hydrogen (secondary N) is 1. The molecule has 0 bridgehead atoms. The van der Waals surface area contributed by atoms with Gasteiger partial charge in [0.25, 0.3) is 11.8 Å². The Bertz CT molecular complexity index is 1310. The minimum absolute atomic E-state index is 0.0525. The molecular formula is C24H21N3O6S. The van der Waals surface area contributed by atoms with E-state index in [4.69, 9.17) is 4.74 Å². The summed E-state index contributed by atoms with van der Waals surface area (Å²) in [7, 11) is -2.45. The number of hydrogen-bond donors (Lipinski definition) is 1. The number of amides is 3. The third-order valence-corrected chi connectivity index (χ3v) is 7.60. The van der Waals surface area contributed by atoms with Gasteiger partial charge >= 0.3 is 0 Å². The van der Waals surface area contributed by atoms with E-state index in [0.717, 1.165) is 4.90 Å². The van der Waals surface area contributed by atoms with Gasteiger partial charge in [-0.2, -0.15) is 0 Å². The molecule has 4 rings (SSSR count). The highest BCUT2D eigenvalue weighted by atomic mass is 32.2. The molecule has 3 aromatic rings. The fraction of sp³-hybridized carbons (Fsp3) is 0.167. The van der Waals surface area contributed by atoms with Gasteiger partial charge in [0.15, 0.2) is 9.84 Å². The van der Waals surface area contributed by atoms with E-state index in [1.54, 1.807) is 24.3 Å². The van der Waals surface area contributed by atoms with Crippen molar-refractivity contribution in [3.63, 3.8) is 0 Å². The smallest absolute Gasteiger partial charge is 0.262 e. The summed E-state index contributed by atoms with van der Waals surface area (Å²) in [4.78, 5) is 42.6. The van der Waals surface area contributed by atoms with Crippen LogP contribution in [0.3, 0.4) is 0 Å². The largest absolute Gasteiger partial charge is 0.497 e. The average Bonchev–Trinajstić information content (AvgIpc) is 3.09. The van der Waals surface area contributed by atoms with Gasteiger partial charge in [-0.05, 0) is 48.0 Å². The molecule has 1 N–H and O–H groups in total. The van der Waals surface area contributed by atoms with Crippen molar-refractivity contribution in [2.45, 2.75) is 10.1 Å². The van der Waals surface area contributed by atoms with Crippen molar-refractivity contribution in [3.05, 3.63) is 89.7 Å². The van der Waals surface area contributed by atoms with Crippen LogP contribution in [0, 0.1) is 0 Å². The normalized spacial score (nSPS) is 14.0. The fourth-order valence-corrected chi connectivity index (χ4v) is 5.34. The molecule has 0 saturated carbocycles. The Morgan fingerprint density at radius 3 is 2.21 bits per heavy atom. The molecule has 1 aliphatic heterocycles. The fourth-order valence-electron chi connectivity index (χ4n) is 3.69. The number of carbonyl (C=O) groups excluding carboxylic acids is 3. The third kappa shape index (κ3) is 4.40. The highest BCUT2D eigenvalue weighted by molar-refractivity contribution is 7.91. The molecule has 174 valence electrons. The van der Waals surface area contributed by atoms with Crippen LogP contribution in [0.15, 0.2) is 78.0 Å². The van der Waals surface area contributed by atoms with Crippen molar-refractivity contribution in [1.82, 2.24) is 15.2 Å². The standard InChI is InChI=1S/C24H21N3O6S/c1-33-17-8-10-18(11-9-17)34(31,32)21(16-5-4-12-25-13-16)14-26-22(28)15-27-23(29)19-6-2-3-7-20(19)24(27)30/h2-13,21H,14-15H2,1H3,(H,26,28)/t21-/m1/s1. The summed E-state index contributed by atoms with van der Waals surface area (Å²) in [5.74, 6) is -1.28. The van der Waals surface area contributed by atoms with E-state index in [-0.39, 0.29) is 22.6 Å². The summed E-state index contributed by atoms with van der Waals surface area (Å²) in [6.45, 7) is -0.795. The molecule has 1 atom stereocenters. The van der Waals surface area contributed by atoms with Gasteiger partial charge in [0, 0.05) is 18.9 Å². The van der Waals surface area contributed by atoms with Crippen LogP contribution >= 0.6 is 0 Å². The van der Waals surface area contributed by atoms with Crippen LogP contribution in [-0.4, -0.2) is 56.2 Å². The zero-order valence-corrected chi connectivity index (χ0v) is 19.0. The first-order valence-corrected chi connectivity index (χ1v) is 11.9. The highest BCUT2D eigenvalue weighted by Crippen LogP contribution is 2.29. The molecule has 9 nitrogen and oxygen atoms in total. The maximum absolute atomic E-state index is 13.4. The van der Waals surface area contributed by atoms with Gasteiger partial charge in [0.2, 0.25) is 5.91 Å². The van der Waals surface area contributed by atoms with Gasteiger partial charge in [0.05, 0.1) is 23.1 Å². The van der Waals surface area contributed by atoms with Crippen LogP contribution < -0.4 is 10.1 Å². The summed E-state index contributed by atoms with van der Waals surface area (Å²) in [6, 6.07) is 15.5. The Morgan fingerprint density at radius 1 is 1.00 bits per heavy atom. The van der Waals surface area contributed by atoms with Crippen LogP contribution in [0.4, 0.5) is 0 Å². The number of carbonyl (C=O) groups is 3. The third-order valence-electron chi connectivity index (χ3n) is 5.48. The van der Waals surface area contributed by atoms with Crippen LogP contribution in [0.25, 0.3) is 0 Å². The number of sulfone groups is 1. The lowest BCUT2D eigenvalue weighted by atomic mass is 10.1. The molecule has 2 heterocycles. The number of benzene rings is 2. The maximum Gasteiger partial charge on any atom is 0.262 e. The second-order valence-corrected chi connectivity index (χ2v) is 9.67. The molecule has 0 aliphatic carbocycles. The molecule has 10 heteroatoms. The molecule has 0 radical (unpaired) electrons. The van der Waals surface area contributed by atoms with Crippen LogP contribution in [-0.2, 0) is 14.6 Å². The zero-order chi connectivity index (χ0) is 24.3.